The van der Waals surface area contributed by atoms with Gasteiger partial charge in [-0.15, -0.1) is 0 Å². The second-order valence-electron chi connectivity index (χ2n) is 5.59. The number of ether oxygens (including phenoxy) is 6. The van der Waals surface area contributed by atoms with Crippen molar-refractivity contribution in [3.63, 3.8) is 0 Å². The lowest BCUT2D eigenvalue weighted by atomic mass is 10.2. The number of benzene rings is 1. The zero-order valence-corrected chi connectivity index (χ0v) is 15.8. The van der Waals surface area contributed by atoms with E-state index in [9.17, 15) is 4.79 Å². The van der Waals surface area contributed by atoms with Gasteiger partial charge in [0.2, 0.25) is 0 Å². The molecule has 28 heavy (non-hydrogen) atoms. The summed E-state index contributed by atoms with van der Waals surface area (Å²) in [6, 6.07) is 4.55. The third-order valence-corrected chi connectivity index (χ3v) is 3.44. The largest absolute Gasteiger partial charge is 0.487 e. The molecule has 1 aromatic carbocycles. The first kappa shape index (κ1) is 21.9. The average molecular weight is 397 g/mol. The molecule has 1 aliphatic heterocycles. The van der Waals surface area contributed by atoms with Crippen LogP contribution in [0.1, 0.15) is 5.56 Å². The van der Waals surface area contributed by atoms with Crippen LogP contribution < -0.4 is 20.6 Å². The lowest BCUT2D eigenvalue weighted by Crippen LogP contribution is -2.24. The fourth-order valence-corrected chi connectivity index (χ4v) is 2.19. The van der Waals surface area contributed by atoms with Gasteiger partial charge in [0, 0.05) is 0 Å². The number of hydrogen-bond acceptors (Lipinski definition) is 8. The highest BCUT2D eigenvalue weighted by molar-refractivity contribution is 5.82. The van der Waals surface area contributed by atoms with E-state index in [0.29, 0.717) is 83.1 Å². The number of hydrazone groups is 1. The fourth-order valence-electron chi connectivity index (χ4n) is 2.19. The summed E-state index contributed by atoms with van der Waals surface area (Å²) in [5.74, 6) is 1.11. The Kier molecular flexibility index (Phi) is 10.7. The van der Waals surface area contributed by atoms with Crippen molar-refractivity contribution in [3.05, 3.63) is 23.8 Å². The molecule has 0 aromatic heterocycles. The molecule has 1 aliphatic rings. The van der Waals surface area contributed by atoms with Crippen LogP contribution in [0.25, 0.3) is 0 Å². The molecule has 156 valence electrons. The molecule has 1 heterocycles. The Balaban J connectivity index is 1.95. The van der Waals surface area contributed by atoms with Gasteiger partial charge in [0.1, 0.15) is 13.2 Å². The molecule has 2 rings (SSSR count). The number of carbonyl (C=O) groups is 1. The van der Waals surface area contributed by atoms with Gasteiger partial charge in [-0.1, -0.05) is 0 Å². The second-order valence-corrected chi connectivity index (χ2v) is 5.59. The molecular formula is C18H27N3O7. The molecule has 3 N–H and O–H groups in total. The highest BCUT2D eigenvalue weighted by atomic mass is 16.6. The number of urea groups is 1. The van der Waals surface area contributed by atoms with E-state index in [2.05, 4.69) is 10.5 Å². The summed E-state index contributed by atoms with van der Waals surface area (Å²) < 4.78 is 33.3. The minimum atomic E-state index is -0.737. The standard InChI is InChI=1S/C18H27N3O7/c19-18(22)21-20-14-15-1-2-16-17(13-15)28-12-10-26-8-6-24-4-3-23-5-7-25-9-11-27-16/h1-2,13-14H,3-12H2,(H3,19,21,22)/b20-14+. The van der Waals surface area contributed by atoms with Gasteiger partial charge < -0.3 is 34.2 Å². The van der Waals surface area contributed by atoms with Crippen molar-refractivity contribution in [2.45, 2.75) is 0 Å². The van der Waals surface area contributed by atoms with Crippen LogP contribution in [0.4, 0.5) is 4.79 Å². The maximum atomic E-state index is 10.7. The molecule has 10 heteroatoms. The molecule has 0 aliphatic carbocycles. The number of primary amides is 1. The predicted molar refractivity (Wildman–Crippen MR) is 101 cm³/mol. The maximum absolute atomic E-state index is 10.7. The van der Waals surface area contributed by atoms with Crippen LogP contribution in [-0.2, 0) is 18.9 Å². The first-order valence-corrected chi connectivity index (χ1v) is 9.05. The topological polar surface area (TPSA) is 123 Å². The van der Waals surface area contributed by atoms with Crippen molar-refractivity contribution >= 4 is 12.2 Å². The lowest BCUT2D eigenvalue weighted by molar-refractivity contribution is -0.00841. The van der Waals surface area contributed by atoms with E-state index in [-0.39, 0.29) is 0 Å². The average Bonchev–Trinajstić information content (AvgIpc) is 2.68. The zero-order chi connectivity index (χ0) is 19.9. The smallest absolute Gasteiger partial charge is 0.332 e. The molecular weight excluding hydrogens is 370 g/mol. The molecule has 0 spiro atoms. The first-order valence-electron chi connectivity index (χ1n) is 9.05. The summed E-state index contributed by atoms with van der Waals surface area (Å²) in [6.07, 6.45) is 1.46. The molecule has 0 radical (unpaired) electrons. The van der Waals surface area contributed by atoms with Gasteiger partial charge in [-0.2, -0.15) is 5.10 Å². The van der Waals surface area contributed by atoms with Crippen molar-refractivity contribution in [1.29, 1.82) is 0 Å². The van der Waals surface area contributed by atoms with Crippen LogP contribution in [0.5, 0.6) is 11.5 Å². The van der Waals surface area contributed by atoms with Gasteiger partial charge in [-0.3, -0.25) is 0 Å². The SMILES string of the molecule is NC(=O)N/N=C/c1ccc2c(c1)OCCOCCOCCOCCOCCO2. The van der Waals surface area contributed by atoms with E-state index < -0.39 is 6.03 Å². The summed E-state index contributed by atoms with van der Waals surface area (Å²) in [5.41, 5.74) is 7.83. The Hall–Kier alpha value is -2.40. The number of amides is 2. The summed E-state index contributed by atoms with van der Waals surface area (Å²) in [7, 11) is 0. The third-order valence-electron chi connectivity index (χ3n) is 3.44. The van der Waals surface area contributed by atoms with E-state index in [1.807, 2.05) is 0 Å². The molecule has 1 aromatic rings. The highest BCUT2D eigenvalue weighted by Crippen LogP contribution is 2.28. The summed E-state index contributed by atoms with van der Waals surface area (Å²) in [5, 5.41) is 3.74. The third kappa shape index (κ3) is 9.51. The van der Waals surface area contributed by atoms with Gasteiger partial charge in [0.15, 0.2) is 11.5 Å². The quantitative estimate of drug-likeness (QED) is 0.551. The van der Waals surface area contributed by atoms with Crippen LogP contribution >= 0.6 is 0 Å². The number of carbonyl (C=O) groups excluding carboxylic acids is 1. The highest BCUT2D eigenvalue weighted by Gasteiger charge is 2.07. The van der Waals surface area contributed by atoms with Crippen molar-refractivity contribution in [2.24, 2.45) is 10.8 Å². The Labute approximate surface area is 163 Å². The van der Waals surface area contributed by atoms with Gasteiger partial charge >= 0.3 is 6.03 Å². The van der Waals surface area contributed by atoms with Crippen molar-refractivity contribution < 1.29 is 33.2 Å². The minimum Gasteiger partial charge on any atom is -0.487 e. The van der Waals surface area contributed by atoms with Crippen LogP contribution in [-0.4, -0.2) is 78.3 Å². The van der Waals surface area contributed by atoms with Crippen LogP contribution in [0.15, 0.2) is 23.3 Å². The maximum Gasteiger partial charge on any atom is 0.332 e. The van der Waals surface area contributed by atoms with Crippen LogP contribution in [0, 0.1) is 0 Å². The first-order chi connectivity index (χ1) is 13.8. The second kappa shape index (κ2) is 13.7. The molecule has 0 saturated carbocycles. The van der Waals surface area contributed by atoms with Crippen molar-refractivity contribution in [1.82, 2.24) is 5.43 Å². The van der Waals surface area contributed by atoms with Gasteiger partial charge in [-0.05, 0) is 23.8 Å². The number of nitrogens with one attached hydrogen (secondary N) is 1. The Bertz CT molecular complexity index is 613. The molecule has 0 atom stereocenters. The fraction of sp³-hybridized carbons (Fsp3) is 0.556. The molecule has 2 amide bonds. The van der Waals surface area contributed by atoms with E-state index >= 15 is 0 Å². The molecule has 0 fully saturated rings. The van der Waals surface area contributed by atoms with Crippen LogP contribution in [0.2, 0.25) is 0 Å². The van der Waals surface area contributed by atoms with Gasteiger partial charge in [0.05, 0.1) is 59.1 Å². The Morgan fingerprint density at radius 1 is 0.821 bits per heavy atom. The number of nitrogens with zero attached hydrogens (tertiary/aromatic N) is 1. The van der Waals surface area contributed by atoms with Crippen LogP contribution in [0.3, 0.4) is 0 Å². The lowest BCUT2D eigenvalue weighted by Gasteiger charge is -2.14. The van der Waals surface area contributed by atoms with Gasteiger partial charge in [-0.25, -0.2) is 10.2 Å². The normalized spacial score (nSPS) is 18.1. The van der Waals surface area contributed by atoms with E-state index in [1.165, 1.54) is 6.21 Å². The van der Waals surface area contributed by atoms with Gasteiger partial charge in [0.25, 0.3) is 0 Å². The van der Waals surface area contributed by atoms with Crippen molar-refractivity contribution in [2.75, 3.05) is 66.1 Å². The molecule has 0 bridgehead atoms. The number of nitrogens with two attached hydrogens (primary N) is 1. The minimum absolute atomic E-state index is 0.343. The van der Waals surface area contributed by atoms with E-state index in [4.69, 9.17) is 34.2 Å². The Morgan fingerprint density at radius 2 is 1.32 bits per heavy atom. The predicted octanol–water partition coefficient (Wildman–Crippen LogP) is 0.526. The number of rotatable bonds is 2. The van der Waals surface area contributed by atoms with Crippen molar-refractivity contribution in [3.8, 4) is 11.5 Å². The summed E-state index contributed by atoms with van der Waals surface area (Å²) in [6.45, 7) is 4.54. The molecule has 0 saturated heterocycles. The summed E-state index contributed by atoms with van der Waals surface area (Å²) >= 11 is 0. The van der Waals surface area contributed by atoms with E-state index in [0.717, 1.165) is 0 Å². The van der Waals surface area contributed by atoms with E-state index in [1.54, 1.807) is 18.2 Å². The Morgan fingerprint density at radius 3 is 1.86 bits per heavy atom. The monoisotopic (exact) mass is 397 g/mol. The summed E-state index contributed by atoms with van der Waals surface area (Å²) in [4.78, 5) is 10.7. The molecule has 0 unspecified atom stereocenters. The number of fused-ring (bicyclic) bond motifs is 1. The number of hydrogen-bond donors (Lipinski definition) is 2. The zero-order valence-electron chi connectivity index (χ0n) is 15.8. The molecule has 10 nitrogen and oxygen atoms in total.